The second-order valence-electron chi connectivity index (χ2n) is 2.98. The van der Waals surface area contributed by atoms with Gasteiger partial charge in [-0.2, -0.15) is 0 Å². The van der Waals surface area contributed by atoms with E-state index in [0.29, 0.717) is 12.2 Å². The second-order valence-corrected chi connectivity index (χ2v) is 2.98. The lowest BCUT2D eigenvalue weighted by atomic mass is 10.1. The van der Waals surface area contributed by atoms with Gasteiger partial charge in [0.15, 0.2) is 0 Å². The average molecular weight is 190 g/mol. The third-order valence-corrected chi connectivity index (χ3v) is 1.79. The summed E-state index contributed by atoms with van der Waals surface area (Å²) in [6, 6.07) is 7.66. The Hall–Kier alpha value is -1.57. The first-order valence-electron chi connectivity index (χ1n) is 4.63. The van der Waals surface area contributed by atoms with Gasteiger partial charge in [-0.3, -0.25) is 4.79 Å². The molecule has 0 saturated carbocycles. The van der Waals surface area contributed by atoms with E-state index in [4.69, 9.17) is 4.74 Å². The van der Waals surface area contributed by atoms with Crippen molar-refractivity contribution in [1.29, 1.82) is 0 Å². The van der Waals surface area contributed by atoms with Crippen LogP contribution in [-0.2, 0) is 4.79 Å². The number of hydrogen-bond donors (Lipinski definition) is 0. The molecule has 0 atom stereocenters. The average Bonchev–Trinajstić information content (AvgIpc) is 2.21. The Kier molecular flexibility index (Phi) is 3.92. The van der Waals surface area contributed by atoms with Crippen molar-refractivity contribution < 1.29 is 9.53 Å². The summed E-state index contributed by atoms with van der Waals surface area (Å²) in [6.45, 7) is 4.34. The molecule has 0 saturated heterocycles. The molecule has 1 rings (SSSR count). The summed E-state index contributed by atoms with van der Waals surface area (Å²) in [7, 11) is 0. The Balaban J connectivity index is 3.00. The van der Waals surface area contributed by atoms with E-state index in [9.17, 15) is 4.79 Å². The van der Waals surface area contributed by atoms with Crippen molar-refractivity contribution in [3.05, 3.63) is 35.4 Å². The molecule has 14 heavy (non-hydrogen) atoms. The molecule has 0 spiro atoms. The number of carbonyl (C=O) groups excluding carboxylic acids is 1. The molecule has 1 aromatic rings. The largest absolute Gasteiger partial charge is 0.493 e. The van der Waals surface area contributed by atoms with Gasteiger partial charge in [0.05, 0.1) is 6.61 Å². The van der Waals surface area contributed by atoms with Gasteiger partial charge in [-0.25, -0.2) is 0 Å². The Morgan fingerprint density at radius 1 is 1.43 bits per heavy atom. The number of para-hydroxylation sites is 1. The molecule has 0 radical (unpaired) electrons. The first-order chi connectivity index (χ1) is 6.77. The van der Waals surface area contributed by atoms with E-state index in [1.807, 2.05) is 37.3 Å². The summed E-state index contributed by atoms with van der Waals surface area (Å²) in [5, 5.41) is 0. The fraction of sp³-hybridized carbons (Fsp3) is 0.250. The van der Waals surface area contributed by atoms with Gasteiger partial charge in [0.1, 0.15) is 12.0 Å². The predicted molar refractivity (Wildman–Crippen MR) is 57.3 cm³/mol. The predicted octanol–water partition coefficient (Wildman–Crippen LogP) is 2.69. The van der Waals surface area contributed by atoms with Gasteiger partial charge in [0, 0.05) is 5.56 Å². The van der Waals surface area contributed by atoms with E-state index in [1.165, 1.54) is 0 Å². The Morgan fingerprint density at radius 3 is 2.79 bits per heavy atom. The maximum atomic E-state index is 10.5. The molecule has 0 heterocycles. The number of aldehydes is 1. The fourth-order valence-electron chi connectivity index (χ4n) is 1.17. The molecular formula is C12H14O2. The van der Waals surface area contributed by atoms with Crippen LogP contribution in [0.25, 0.3) is 6.08 Å². The van der Waals surface area contributed by atoms with Gasteiger partial charge in [0.2, 0.25) is 0 Å². The lowest BCUT2D eigenvalue weighted by Gasteiger charge is -2.06. The first-order valence-corrected chi connectivity index (χ1v) is 4.63. The van der Waals surface area contributed by atoms with Crippen LogP contribution in [0.4, 0.5) is 0 Å². The van der Waals surface area contributed by atoms with Crippen molar-refractivity contribution in [1.82, 2.24) is 0 Å². The van der Waals surface area contributed by atoms with E-state index in [0.717, 1.165) is 17.6 Å². The Labute approximate surface area is 84.2 Å². The maximum Gasteiger partial charge on any atom is 0.145 e. The molecule has 0 unspecified atom stereocenters. The Bertz CT molecular complexity index is 340. The highest BCUT2D eigenvalue weighted by atomic mass is 16.5. The molecule has 2 nitrogen and oxygen atoms in total. The van der Waals surface area contributed by atoms with E-state index < -0.39 is 0 Å². The van der Waals surface area contributed by atoms with Gasteiger partial charge in [-0.15, -0.1) is 0 Å². The summed E-state index contributed by atoms with van der Waals surface area (Å²) in [5.74, 6) is 0.816. The second kappa shape index (κ2) is 5.22. The number of carbonyl (C=O) groups is 1. The monoisotopic (exact) mass is 190 g/mol. The fourth-order valence-corrected chi connectivity index (χ4v) is 1.17. The van der Waals surface area contributed by atoms with Crippen molar-refractivity contribution in [3.8, 4) is 5.75 Å². The summed E-state index contributed by atoms with van der Waals surface area (Å²) in [4.78, 5) is 10.5. The lowest BCUT2D eigenvalue weighted by Crippen LogP contribution is -1.93. The van der Waals surface area contributed by atoms with Crippen LogP contribution in [-0.4, -0.2) is 12.9 Å². The van der Waals surface area contributed by atoms with Crippen molar-refractivity contribution >= 4 is 12.4 Å². The zero-order valence-corrected chi connectivity index (χ0v) is 8.49. The van der Waals surface area contributed by atoms with Crippen LogP contribution in [0.15, 0.2) is 29.8 Å². The minimum Gasteiger partial charge on any atom is -0.493 e. The van der Waals surface area contributed by atoms with Gasteiger partial charge in [-0.05, 0) is 31.6 Å². The van der Waals surface area contributed by atoms with Crippen LogP contribution >= 0.6 is 0 Å². The smallest absolute Gasteiger partial charge is 0.145 e. The SMILES string of the molecule is CCOc1ccccc1C=C(C)C=O. The van der Waals surface area contributed by atoms with Gasteiger partial charge < -0.3 is 4.74 Å². The molecule has 0 aliphatic rings. The summed E-state index contributed by atoms with van der Waals surface area (Å²) >= 11 is 0. The van der Waals surface area contributed by atoms with Crippen molar-refractivity contribution in [2.75, 3.05) is 6.61 Å². The number of hydrogen-bond acceptors (Lipinski definition) is 2. The van der Waals surface area contributed by atoms with Crippen molar-refractivity contribution in [3.63, 3.8) is 0 Å². The normalized spacial score (nSPS) is 11.1. The molecule has 74 valence electrons. The molecule has 0 aliphatic carbocycles. The minimum absolute atomic E-state index is 0.630. The zero-order valence-electron chi connectivity index (χ0n) is 8.49. The molecule has 0 aliphatic heterocycles. The molecule has 0 N–H and O–H groups in total. The van der Waals surface area contributed by atoms with Crippen LogP contribution in [0.5, 0.6) is 5.75 Å². The molecule has 0 amide bonds. The third kappa shape index (κ3) is 2.73. The molecule has 1 aromatic carbocycles. The molecular weight excluding hydrogens is 176 g/mol. The minimum atomic E-state index is 0.630. The van der Waals surface area contributed by atoms with Crippen LogP contribution in [0, 0.1) is 0 Å². The van der Waals surface area contributed by atoms with Crippen LogP contribution in [0.3, 0.4) is 0 Å². The number of ether oxygens (including phenoxy) is 1. The molecule has 0 bridgehead atoms. The number of rotatable bonds is 4. The summed E-state index contributed by atoms with van der Waals surface area (Å²) in [5.41, 5.74) is 1.64. The molecule has 0 aromatic heterocycles. The van der Waals surface area contributed by atoms with E-state index in [2.05, 4.69) is 0 Å². The quantitative estimate of drug-likeness (QED) is 0.539. The first kappa shape index (κ1) is 10.5. The van der Waals surface area contributed by atoms with Gasteiger partial charge in [-0.1, -0.05) is 18.2 Å². The molecule has 0 fully saturated rings. The van der Waals surface area contributed by atoms with Crippen LogP contribution in [0.1, 0.15) is 19.4 Å². The van der Waals surface area contributed by atoms with E-state index in [1.54, 1.807) is 6.92 Å². The highest BCUT2D eigenvalue weighted by Crippen LogP contribution is 2.20. The lowest BCUT2D eigenvalue weighted by molar-refractivity contribution is -0.104. The number of allylic oxidation sites excluding steroid dienone is 1. The highest BCUT2D eigenvalue weighted by Gasteiger charge is 1.98. The zero-order chi connectivity index (χ0) is 10.4. The van der Waals surface area contributed by atoms with Gasteiger partial charge >= 0.3 is 0 Å². The van der Waals surface area contributed by atoms with Crippen LogP contribution < -0.4 is 4.74 Å². The standard InChI is InChI=1S/C12H14O2/c1-3-14-12-7-5-4-6-11(12)8-10(2)9-13/h4-9H,3H2,1-2H3. The van der Waals surface area contributed by atoms with E-state index in [-0.39, 0.29) is 0 Å². The summed E-state index contributed by atoms with van der Waals surface area (Å²) in [6.07, 6.45) is 2.65. The van der Waals surface area contributed by atoms with E-state index >= 15 is 0 Å². The molecule has 2 heteroatoms. The van der Waals surface area contributed by atoms with Crippen molar-refractivity contribution in [2.24, 2.45) is 0 Å². The van der Waals surface area contributed by atoms with Crippen LogP contribution in [0.2, 0.25) is 0 Å². The Morgan fingerprint density at radius 2 is 2.14 bits per heavy atom. The maximum absolute atomic E-state index is 10.5. The summed E-state index contributed by atoms with van der Waals surface area (Å²) < 4.78 is 5.42. The van der Waals surface area contributed by atoms with Crippen molar-refractivity contribution in [2.45, 2.75) is 13.8 Å². The highest BCUT2D eigenvalue weighted by molar-refractivity contribution is 5.81. The van der Waals surface area contributed by atoms with Gasteiger partial charge in [0.25, 0.3) is 0 Å². The third-order valence-electron chi connectivity index (χ3n) is 1.79. The number of benzene rings is 1. The topological polar surface area (TPSA) is 26.3 Å².